The standard InChI is InChI=1S/C26H26N6O2S.C19H22N6OS/c1-16-9-10-22(27-13-16)21-11-20(21)15-34-24-12-23(28-17(2)29-24)32(14-25-31-30-18(3)35-25)26(33)19-7-5-4-6-8-19;1-11-4-5-16(20-8-11)15-6-14(15)10-26-18-7-17(22-12(2)23-18)21-9-19-25-24-13(3)27-19/h4-10,12-13,20-21H,11,14-15H2,1-3H3;4-5,7-8,14-15H,6,9-10H2,1-3H3,(H,21,22,23)/t20-,21+;14-,15+/m11/s1. The lowest BCUT2D eigenvalue weighted by Gasteiger charge is -2.21. The van der Waals surface area contributed by atoms with Crippen molar-refractivity contribution in [3.05, 3.63) is 139 Å². The first-order valence-electron chi connectivity index (χ1n) is 20.5. The molecule has 0 saturated heterocycles. The average Bonchev–Trinajstić information content (AvgIpc) is 4.14. The number of carbonyl (C=O) groups is 1. The Bertz CT molecular complexity index is 2610. The van der Waals surface area contributed by atoms with Gasteiger partial charge >= 0.3 is 0 Å². The summed E-state index contributed by atoms with van der Waals surface area (Å²) in [6, 6.07) is 21.1. The third-order valence-corrected chi connectivity index (χ3v) is 12.0. The molecule has 6 aromatic heterocycles. The van der Waals surface area contributed by atoms with Crippen LogP contribution in [0.5, 0.6) is 11.8 Å². The molecule has 0 bridgehead atoms. The van der Waals surface area contributed by atoms with Crippen molar-refractivity contribution in [3.63, 3.8) is 0 Å². The van der Waals surface area contributed by atoms with Gasteiger partial charge in [-0.25, -0.2) is 9.97 Å². The maximum atomic E-state index is 13.5. The van der Waals surface area contributed by atoms with Crippen molar-refractivity contribution >= 4 is 40.2 Å². The van der Waals surface area contributed by atoms with Crippen LogP contribution in [0.15, 0.2) is 79.1 Å². The second kappa shape index (κ2) is 19.2. The molecule has 6 heterocycles. The molecule has 2 aliphatic rings. The van der Waals surface area contributed by atoms with Crippen LogP contribution in [-0.2, 0) is 13.1 Å². The number of pyridine rings is 2. The molecule has 0 spiro atoms. The van der Waals surface area contributed by atoms with Gasteiger partial charge in [0.05, 0.1) is 26.3 Å². The Labute approximate surface area is 368 Å². The van der Waals surface area contributed by atoms with Crippen molar-refractivity contribution in [2.45, 2.75) is 79.3 Å². The van der Waals surface area contributed by atoms with Crippen LogP contribution in [0.1, 0.15) is 89.2 Å². The van der Waals surface area contributed by atoms with E-state index in [4.69, 9.17) is 9.47 Å². The second-order valence-corrected chi connectivity index (χ2v) is 18.2. The molecule has 62 heavy (non-hydrogen) atoms. The first kappa shape index (κ1) is 42.4. The fourth-order valence-electron chi connectivity index (χ4n) is 6.92. The van der Waals surface area contributed by atoms with Crippen molar-refractivity contribution in [2.24, 2.45) is 11.8 Å². The van der Waals surface area contributed by atoms with Gasteiger partial charge in [-0.2, -0.15) is 9.97 Å². The van der Waals surface area contributed by atoms with Crippen LogP contribution in [0.2, 0.25) is 0 Å². The van der Waals surface area contributed by atoms with Crippen molar-refractivity contribution in [2.75, 3.05) is 23.4 Å². The van der Waals surface area contributed by atoms with Crippen LogP contribution in [-0.4, -0.2) is 69.4 Å². The predicted octanol–water partition coefficient (Wildman–Crippen LogP) is 8.12. The topological polar surface area (TPSA) is 180 Å². The molecule has 9 rings (SSSR count). The molecule has 0 aliphatic heterocycles. The van der Waals surface area contributed by atoms with E-state index < -0.39 is 0 Å². The zero-order valence-electron chi connectivity index (χ0n) is 35.5. The molecule has 1 amide bonds. The van der Waals surface area contributed by atoms with E-state index in [0.717, 1.165) is 55.6 Å². The average molecular weight is 869 g/mol. The highest BCUT2D eigenvalue weighted by atomic mass is 32.1. The predicted molar refractivity (Wildman–Crippen MR) is 238 cm³/mol. The summed E-state index contributed by atoms with van der Waals surface area (Å²) in [6.07, 6.45) is 5.99. The van der Waals surface area contributed by atoms with Gasteiger partial charge in [-0.15, -0.1) is 20.4 Å². The fraction of sp³-hybridized carbons (Fsp3) is 0.356. The number of aryl methyl sites for hydroxylation is 6. The van der Waals surface area contributed by atoms with Crippen molar-refractivity contribution < 1.29 is 14.3 Å². The van der Waals surface area contributed by atoms with Crippen LogP contribution in [0, 0.1) is 53.4 Å². The van der Waals surface area contributed by atoms with Gasteiger partial charge in [-0.1, -0.05) is 53.0 Å². The zero-order chi connectivity index (χ0) is 43.2. The molecule has 0 radical (unpaired) electrons. The van der Waals surface area contributed by atoms with Gasteiger partial charge in [-0.05, 0) is 89.8 Å². The number of anilines is 2. The zero-order valence-corrected chi connectivity index (χ0v) is 37.2. The highest BCUT2D eigenvalue weighted by Gasteiger charge is 2.41. The highest BCUT2D eigenvalue weighted by Crippen LogP contribution is 2.47. The van der Waals surface area contributed by atoms with E-state index in [1.165, 1.54) is 16.9 Å². The van der Waals surface area contributed by atoms with Crippen LogP contribution < -0.4 is 19.7 Å². The molecule has 318 valence electrons. The summed E-state index contributed by atoms with van der Waals surface area (Å²) in [4.78, 5) is 42.0. The number of carbonyl (C=O) groups excluding carboxylic acids is 1. The summed E-state index contributed by atoms with van der Waals surface area (Å²) in [6.45, 7) is 13.6. The van der Waals surface area contributed by atoms with Gasteiger partial charge < -0.3 is 14.8 Å². The van der Waals surface area contributed by atoms with Crippen LogP contribution >= 0.6 is 22.7 Å². The summed E-state index contributed by atoms with van der Waals surface area (Å²) >= 11 is 3.03. The maximum absolute atomic E-state index is 13.5. The van der Waals surface area contributed by atoms with Gasteiger partial charge in [0, 0.05) is 65.1 Å². The van der Waals surface area contributed by atoms with E-state index in [2.05, 4.69) is 86.8 Å². The third kappa shape index (κ3) is 11.3. The fourth-order valence-corrected chi connectivity index (χ4v) is 8.26. The Morgan fingerprint density at radius 2 is 1.24 bits per heavy atom. The Morgan fingerprint density at radius 1 is 0.677 bits per heavy atom. The largest absolute Gasteiger partial charge is 0.477 e. The number of amides is 1. The Balaban J connectivity index is 0.000000176. The monoisotopic (exact) mass is 868 g/mol. The summed E-state index contributed by atoms with van der Waals surface area (Å²) in [5, 5.41) is 23.2. The highest BCUT2D eigenvalue weighted by molar-refractivity contribution is 7.11. The minimum Gasteiger partial charge on any atom is -0.477 e. The van der Waals surface area contributed by atoms with Crippen molar-refractivity contribution in [1.29, 1.82) is 0 Å². The number of benzene rings is 1. The molecule has 1 aromatic carbocycles. The summed E-state index contributed by atoms with van der Waals surface area (Å²) in [7, 11) is 0. The number of aromatic nitrogens is 10. The first-order valence-corrected chi connectivity index (χ1v) is 22.2. The number of nitrogens with zero attached hydrogens (tertiary/aromatic N) is 11. The molecule has 15 nitrogen and oxygen atoms in total. The molecule has 2 fully saturated rings. The molecule has 2 aliphatic carbocycles. The summed E-state index contributed by atoms with van der Waals surface area (Å²) in [5.41, 5.74) is 5.18. The Morgan fingerprint density at radius 3 is 1.79 bits per heavy atom. The van der Waals surface area contributed by atoms with E-state index in [1.807, 2.05) is 64.4 Å². The number of hydrogen-bond acceptors (Lipinski definition) is 16. The Hall–Kier alpha value is -6.33. The molecular formula is C45H48N12O3S2. The lowest BCUT2D eigenvalue weighted by molar-refractivity contribution is 0.0984. The third-order valence-electron chi connectivity index (χ3n) is 10.4. The lowest BCUT2D eigenvalue weighted by atomic mass is 10.2. The van der Waals surface area contributed by atoms with E-state index in [-0.39, 0.29) is 12.5 Å². The van der Waals surface area contributed by atoms with Gasteiger partial charge in [0.1, 0.15) is 43.3 Å². The molecular weight excluding hydrogens is 821 g/mol. The summed E-state index contributed by atoms with van der Waals surface area (Å²) in [5.74, 6) is 5.10. The molecule has 17 heteroatoms. The normalized spacial score (nSPS) is 17.4. The van der Waals surface area contributed by atoms with Crippen molar-refractivity contribution in [3.8, 4) is 11.8 Å². The quantitative estimate of drug-likeness (QED) is 0.104. The Kier molecular flexibility index (Phi) is 13.1. The number of hydrogen-bond donors (Lipinski definition) is 1. The smallest absolute Gasteiger partial charge is 0.259 e. The number of nitrogens with one attached hydrogen (secondary N) is 1. The molecule has 0 unspecified atom stereocenters. The lowest BCUT2D eigenvalue weighted by Crippen LogP contribution is -2.31. The molecule has 7 aromatic rings. The van der Waals surface area contributed by atoms with Gasteiger partial charge in [0.25, 0.3) is 5.91 Å². The van der Waals surface area contributed by atoms with Gasteiger partial charge in [0.2, 0.25) is 11.8 Å². The van der Waals surface area contributed by atoms with E-state index in [0.29, 0.717) is 78.2 Å². The molecule has 4 atom stereocenters. The van der Waals surface area contributed by atoms with Crippen LogP contribution in [0.3, 0.4) is 0 Å². The summed E-state index contributed by atoms with van der Waals surface area (Å²) < 4.78 is 12.0. The van der Waals surface area contributed by atoms with Crippen LogP contribution in [0.4, 0.5) is 11.6 Å². The second-order valence-electron chi connectivity index (χ2n) is 15.6. The molecule has 1 N–H and O–H groups in total. The number of rotatable bonds is 15. The first-order chi connectivity index (χ1) is 30.0. The minimum absolute atomic E-state index is 0.171. The minimum atomic E-state index is -0.171. The van der Waals surface area contributed by atoms with Crippen LogP contribution in [0.25, 0.3) is 0 Å². The van der Waals surface area contributed by atoms with Gasteiger partial charge in [-0.3, -0.25) is 19.7 Å². The van der Waals surface area contributed by atoms with Gasteiger partial charge in [0.15, 0.2) is 0 Å². The van der Waals surface area contributed by atoms with E-state index in [9.17, 15) is 4.79 Å². The molecule has 2 saturated carbocycles. The van der Waals surface area contributed by atoms with E-state index >= 15 is 0 Å². The van der Waals surface area contributed by atoms with E-state index in [1.54, 1.807) is 41.4 Å². The van der Waals surface area contributed by atoms with Crippen molar-refractivity contribution in [1.82, 2.24) is 50.3 Å². The number of ether oxygens (including phenoxy) is 2. The maximum Gasteiger partial charge on any atom is 0.259 e. The SMILES string of the molecule is Cc1ccc([C@H]2C[C@@H]2COc2cc(N(Cc3nnc(C)s3)C(=O)c3ccccc3)nc(C)n2)nc1.Cc1ccc([C@H]2C[C@@H]2COc2cc(NCc3nnc(C)s3)nc(C)n2)nc1.